The van der Waals surface area contributed by atoms with Crippen molar-refractivity contribution in [3.8, 4) is 5.75 Å². The summed E-state index contributed by atoms with van der Waals surface area (Å²) in [5.41, 5.74) is 0.557. The van der Waals surface area contributed by atoms with Crippen LogP contribution < -0.4 is 9.64 Å². The summed E-state index contributed by atoms with van der Waals surface area (Å²) in [5, 5.41) is 9.86. The number of ether oxygens (including phenoxy) is 1. The lowest BCUT2D eigenvalue weighted by Crippen LogP contribution is -2.35. The normalized spacial score (nSPS) is 18.8. The van der Waals surface area contributed by atoms with Crippen LogP contribution in [0.2, 0.25) is 0 Å². The van der Waals surface area contributed by atoms with Crippen molar-refractivity contribution in [3.05, 3.63) is 24.3 Å². The monoisotopic (exact) mass is 266 g/mol. The number of amides is 2. The summed E-state index contributed by atoms with van der Waals surface area (Å²) >= 11 is 0. The first-order chi connectivity index (χ1) is 9.02. The van der Waals surface area contributed by atoms with Crippen molar-refractivity contribution >= 4 is 17.7 Å². The molecule has 1 aromatic carbocycles. The number of hydroxylamine groups is 2. The molecule has 19 heavy (non-hydrogen) atoms. The molecule has 1 fully saturated rings. The highest BCUT2D eigenvalue weighted by Crippen LogP contribution is 2.28. The van der Waals surface area contributed by atoms with Crippen molar-refractivity contribution in [2.24, 2.45) is 0 Å². The van der Waals surface area contributed by atoms with Crippen molar-refractivity contribution in [2.75, 3.05) is 19.1 Å². The maximum Gasteiger partial charge on any atom is 0.350 e. The number of hydrogen-bond donors (Lipinski definition) is 1. The fourth-order valence-electron chi connectivity index (χ4n) is 1.85. The van der Waals surface area contributed by atoms with E-state index in [1.54, 1.807) is 31.4 Å². The average Bonchev–Trinajstić information content (AvgIpc) is 2.64. The van der Waals surface area contributed by atoms with Crippen LogP contribution in [0.5, 0.6) is 5.75 Å². The molecule has 7 heteroatoms. The summed E-state index contributed by atoms with van der Waals surface area (Å²) in [4.78, 5) is 29.2. The van der Waals surface area contributed by atoms with Crippen molar-refractivity contribution in [3.63, 3.8) is 0 Å². The van der Waals surface area contributed by atoms with Gasteiger partial charge in [0, 0.05) is 12.7 Å². The summed E-state index contributed by atoms with van der Waals surface area (Å²) in [6, 6.07) is 6.33. The zero-order chi connectivity index (χ0) is 14.0. The first kappa shape index (κ1) is 13.2. The van der Waals surface area contributed by atoms with Gasteiger partial charge in [-0.3, -0.25) is 9.69 Å². The Morgan fingerprint density at radius 1 is 1.42 bits per heavy atom. The van der Waals surface area contributed by atoms with Gasteiger partial charge in [0.1, 0.15) is 5.75 Å². The van der Waals surface area contributed by atoms with E-state index in [4.69, 9.17) is 14.7 Å². The van der Waals surface area contributed by atoms with E-state index in [0.29, 0.717) is 11.4 Å². The molecule has 7 nitrogen and oxygen atoms in total. The highest BCUT2D eigenvalue weighted by atomic mass is 16.7. The van der Waals surface area contributed by atoms with Gasteiger partial charge in [-0.2, -0.15) is 0 Å². The van der Waals surface area contributed by atoms with Gasteiger partial charge >= 0.3 is 12.0 Å². The van der Waals surface area contributed by atoms with Gasteiger partial charge in [0.05, 0.1) is 13.5 Å². The largest absolute Gasteiger partial charge is 0.497 e. The van der Waals surface area contributed by atoms with Gasteiger partial charge in [0.15, 0.2) is 6.23 Å². The number of nitrogens with zero attached hydrogens (tertiary/aromatic N) is 2. The van der Waals surface area contributed by atoms with E-state index in [9.17, 15) is 9.59 Å². The van der Waals surface area contributed by atoms with Crippen LogP contribution in [0.25, 0.3) is 0 Å². The van der Waals surface area contributed by atoms with E-state index >= 15 is 0 Å². The molecule has 0 saturated carbocycles. The minimum absolute atomic E-state index is 0.290. The average molecular weight is 266 g/mol. The second kappa shape index (κ2) is 5.15. The van der Waals surface area contributed by atoms with E-state index in [0.717, 1.165) is 5.06 Å². The number of carboxylic acid groups (broad SMARTS) is 1. The quantitative estimate of drug-likeness (QED) is 0.888. The van der Waals surface area contributed by atoms with Gasteiger partial charge in [-0.25, -0.2) is 14.7 Å². The number of benzene rings is 1. The fraction of sp³-hybridized carbons (Fsp3) is 0.333. The van der Waals surface area contributed by atoms with Crippen LogP contribution in [0.1, 0.15) is 6.42 Å². The predicted molar refractivity (Wildman–Crippen MR) is 65.8 cm³/mol. The molecule has 0 unspecified atom stereocenters. The van der Waals surface area contributed by atoms with Crippen LogP contribution in [-0.2, 0) is 9.63 Å². The Morgan fingerprint density at radius 2 is 2.05 bits per heavy atom. The molecule has 0 radical (unpaired) electrons. The van der Waals surface area contributed by atoms with Gasteiger partial charge in [0.25, 0.3) is 0 Å². The molecule has 1 atom stereocenters. The van der Waals surface area contributed by atoms with E-state index in [1.165, 1.54) is 11.9 Å². The standard InChI is InChI=1S/C12H14N2O5/c1-13-12(17)14(10(19-13)7-11(15)16)8-3-5-9(18-2)6-4-8/h3-6,10H,7H2,1-2H3,(H,15,16)/t10-/m1/s1. The van der Waals surface area contributed by atoms with Crippen molar-refractivity contribution in [1.82, 2.24) is 5.06 Å². The fourth-order valence-corrected chi connectivity index (χ4v) is 1.85. The Kier molecular flexibility index (Phi) is 3.57. The van der Waals surface area contributed by atoms with Gasteiger partial charge in [-0.05, 0) is 24.3 Å². The number of carbonyl (C=O) groups excluding carboxylic acids is 1. The predicted octanol–water partition coefficient (Wildman–Crippen LogP) is 1.30. The molecule has 1 heterocycles. The third-order valence-electron chi connectivity index (χ3n) is 2.74. The van der Waals surface area contributed by atoms with E-state index < -0.39 is 18.2 Å². The van der Waals surface area contributed by atoms with Crippen LogP contribution in [0.4, 0.5) is 10.5 Å². The maximum atomic E-state index is 12.0. The second-order valence-corrected chi connectivity index (χ2v) is 4.01. The highest BCUT2D eigenvalue weighted by molar-refractivity contribution is 5.93. The smallest absolute Gasteiger partial charge is 0.350 e. The topological polar surface area (TPSA) is 79.3 Å². The Hall–Kier alpha value is -2.28. The Bertz CT molecular complexity index is 487. The van der Waals surface area contributed by atoms with Crippen LogP contribution in [0.15, 0.2) is 24.3 Å². The first-order valence-corrected chi connectivity index (χ1v) is 5.62. The van der Waals surface area contributed by atoms with E-state index in [-0.39, 0.29) is 6.42 Å². The molecule has 0 spiro atoms. The van der Waals surface area contributed by atoms with Crippen LogP contribution in [0.3, 0.4) is 0 Å². The van der Waals surface area contributed by atoms with Crippen LogP contribution >= 0.6 is 0 Å². The number of rotatable bonds is 4. The molecule has 2 rings (SSSR count). The van der Waals surface area contributed by atoms with Crippen molar-refractivity contribution < 1.29 is 24.3 Å². The summed E-state index contributed by atoms with van der Waals surface area (Å²) in [7, 11) is 2.99. The summed E-state index contributed by atoms with van der Waals surface area (Å²) in [6.07, 6.45) is -1.13. The van der Waals surface area contributed by atoms with E-state index in [2.05, 4.69) is 0 Å². The van der Waals surface area contributed by atoms with Crippen molar-refractivity contribution in [2.45, 2.75) is 12.6 Å². The minimum Gasteiger partial charge on any atom is -0.497 e. The second-order valence-electron chi connectivity index (χ2n) is 4.01. The Balaban J connectivity index is 2.27. The zero-order valence-electron chi connectivity index (χ0n) is 10.6. The Morgan fingerprint density at radius 3 is 2.58 bits per heavy atom. The number of carboxylic acids is 1. The number of methoxy groups -OCH3 is 1. The lowest BCUT2D eigenvalue weighted by molar-refractivity contribution is -0.147. The number of hydrogen-bond acceptors (Lipinski definition) is 4. The van der Waals surface area contributed by atoms with Gasteiger partial charge in [-0.15, -0.1) is 0 Å². The van der Waals surface area contributed by atoms with Gasteiger partial charge < -0.3 is 9.84 Å². The van der Waals surface area contributed by atoms with Crippen LogP contribution in [-0.4, -0.2) is 42.6 Å². The SMILES string of the molecule is COc1ccc(N2C(=O)N(C)O[C@@H]2CC(=O)O)cc1. The van der Waals surface area contributed by atoms with Crippen LogP contribution in [0, 0.1) is 0 Å². The van der Waals surface area contributed by atoms with Gasteiger partial charge in [0.2, 0.25) is 0 Å². The number of carbonyl (C=O) groups is 2. The Labute approximate surface area is 109 Å². The zero-order valence-corrected chi connectivity index (χ0v) is 10.6. The highest BCUT2D eigenvalue weighted by Gasteiger charge is 2.39. The molecular weight excluding hydrogens is 252 g/mol. The third kappa shape index (κ3) is 2.60. The molecule has 1 N–H and O–H groups in total. The number of aliphatic carboxylic acids is 1. The van der Waals surface area contributed by atoms with E-state index in [1.807, 2.05) is 0 Å². The lowest BCUT2D eigenvalue weighted by Gasteiger charge is -2.19. The molecule has 1 aromatic rings. The van der Waals surface area contributed by atoms with Gasteiger partial charge in [-0.1, -0.05) is 0 Å². The molecule has 1 aliphatic heterocycles. The summed E-state index contributed by atoms with van der Waals surface area (Å²) in [5.74, 6) is -0.383. The van der Waals surface area contributed by atoms with Crippen molar-refractivity contribution in [1.29, 1.82) is 0 Å². The maximum absolute atomic E-state index is 12.0. The molecule has 1 aliphatic rings. The molecule has 0 aliphatic carbocycles. The molecule has 2 amide bonds. The lowest BCUT2D eigenvalue weighted by atomic mass is 10.2. The number of urea groups is 1. The first-order valence-electron chi connectivity index (χ1n) is 5.62. The summed E-state index contributed by atoms with van der Waals surface area (Å²) < 4.78 is 5.03. The summed E-state index contributed by atoms with van der Waals surface area (Å²) in [6.45, 7) is 0. The molecule has 0 bridgehead atoms. The molecule has 1 saturated heterocycles. The molecular formula is C12H14N2O5. The number of anilines is 1. The molecule has 0 aromatic heterocycles. The minimum atomic E-state index is -1.04. The molecule has 102 valence electrons. The third-order valence-corrected chi connectivity index (χ3v) is 2.74.